The minimum absolute atomic E-state index is 0.612. The van der Waals surface area contributed by atoms with Gasteiger partial charge in [0.25, 0.3) is 0 Å². The first kappa shape index (κ1) is 13.8. The maximum Gasteiger partial charge on any atom is 0.0936 e. The van der Waals surface area contributed by atoms with Crippen LogP contribution in [0.1, 0.15) is 19.8 Å². The van der Waals surface area contributed by atoms with Crippen LogP contribution in [0.25, 0.3) is 10.9 Å². The van der Waals surface area contributed by atoms with Crippen molar-refractivity contribution in [3.63, 3.8) is 0 Å². The molecule has 3 rings (SSSR count). The fraction of sp³-hybridized carbons (Fsp3) is 0.438. The Bertz CT molecular complexity index is 599. The average Bonchev–Trinajstić information content (AvgIpc) is 2.92. The van der Waals surface area contributed by atoms with E-state index in [0.717, 1.165) is 29.6 Å². The fourth-order valence-electron chi connectivity index (χ4n) is 2.87. The number of hydrogen-bond donors (Lipinski definition) is 1. The molecule has 0 bridgehead atoms. The number of pyridine rings is 1. The number of halogens is 1. The van der Waals surface area contributed by atoms with E-state index in [9.17, 15) is 0 Å². The van der Waals surface area contributed by atoms with E-state index in [1.54, 1.807) is 0 Å². The molecule has 0 radical (unpaired) electrons. The van der Waals surface area contributed by atoms with Crippen LogP contribution in [0.3, 0.4) is 0 Å². The summed E-state index contributed by atoms with van der Waals surface area (Å²) in [6.07, 6.45) is 4.29. The molecule has 1 unspecified atom stereocenters. The first-order valence-electron chi connectivity index (χ1n) is 7.30. The number of anilines is 1. The van der Waals surface area contributed by atoms with Crippen molar-refractivity contribution in [2.75, 3.05) is 24.5 Å². The number of hydrogen-bond acceptors (Lipinski definition) is 3. The van der Waals surface area contributed by atoms with E-state index in [1.165, 1.54) is 23.9 Å². The second-order valence-electron chi connectivity index (χ2n) is 5.39. The number of fused-ring (bicyclic) bond motifs is 1. The Hall–Kier alpha value is -1.13. The van der Waals surface area contributed by atoms with Crippen LogP contribution in [-0.4, -0.2) is 30.7 Å². The molecular weight excluding hydrogens is 314 g/mol. The van der Waals surface area contributed by atoms with Crippen LogP contribution < -0.4 is 10.2 Å². The summed E-state index contributed by atoms with van der Waals surface area (Å²) in [6.45, 7) is 5.51. The van der Waals surface area contributed by atoms with Gasteiger partial charge in [-0.25, -0.2) is 0 Å². The minimum atomic E-state index is 0.612. The van der Waals surface area contributed by atoms with Crippen LogP contribution in [0, 0.1) is 0 Å². The molecule has 1 atom stereocenters. The number of benzene rings is 1. The predicted molar refractivity (Wildman–Crippen MR) is 88.4 cm³/mol. The monoisotopic (exact) mass is 333 g/mol. The molecule has 1 saturated heterocycles. The van der Waals surface area contributed by atoms with Gasteiger partial charge in [0.05, 0.1) is 11.2 Å². The highest BCUT2D eigenvalue weighted by Gasteiger charge is 2.23. The van der Waals surface area contributed by atoms with Crippen LogP contribution in [0.15, 0.2) is 34.9 Å². The molecule has 1 N–H and O–H groups in total. The molecule has 1 fully saturated rings. The van der Waals surface area contributed by atoms with Crippen molar-refractivity contribution < 1.29 is 0 Å². The molecule has 4 heteroatoms. The van der Waals surface area contributed by atoms with E-state index in [1.807, 2.05) is 6.20 Å². The number of nitrogens with one attached hydrogen (secondary N) is 1. The highest BCUT2D eigenvalue weighted by atomic mass is 79.9. The zero-order chi connectivity index (χ0) is 13.9. The van der Waals surface area contributed by atoms with Gasteiger partial charge in [0.2, 0.25) is 0 Å². The van der Waals surface area contributed by atoms with Gasteiger partial charge in [0.15, 0.2) is 0 Å². The van der Waals surface area contributed by atoms with Crippen LogP contribution in [0.4, 0.5) is 5.69 Å². The molecule has 0 aliphatic carbocycles. The zero-order valence-electron chi connectivity index (χ0n) is 11.8. The van der Waals surface area contributed by atoms with E-state index in [-0.39, 0.29) is 0 Å². The van der Waals surface area contributed by atoms with E-state index in [2.05, 4.69) is 62.3 Å². The molecule has 2 aromatic rings. The average molecular weight is 334 g/mol. The number of aromatic nitrogens is 1. The molecule has 106 valence electrons. The maximum atomic E-state index is 4.60. The van der Waals surface area contributed by atoms with Gasteiger partial charge in [-0.2, -0.15) is 0 Å². The maximum absolute atomic E-state index is 4.60. The van der Waals surface area contributed by atoms with E-state index < -0.39 is 0 Å². The third-order valence-corrected chi connectivity index (χ3v) is 4.30. The second kappa shape index (κ2) is 6.10. The summed E-state index contributed by atoms with van der Waals surface area (Å²) in [7, 11) is 0. The quantitative estimate of drug-likeness (QED) is 0.926. The smallest absolute Gasteiger partial charge is 0.0936 e. The molecule has 2 heterocycles. The number of para-hydroxylation sites is 1. The molecule has 0 saturated carbocycles. The van der Waals surface area contributed by atoms with E-state index >= 15 is 0 Å². The van der Waals surface area contributed by atoms with Gasteiger partial charge in [0, 0.05) is 35.2 Å². The van der Waals surface area contributed by atoms with Crippen LogP contribution >= 0.6 is 15.9 Å². The molecule has 1 aromatic carbocycles. The Morgan fingerprint density at radius 2 is 2.35 bits per heavy atom. The van der Waals surface area contributed by atoms with Crippen molar-refractivity contribution in [2.45, 2.75) is 25.8 Å². The van der Waals surface area contributed by atoms with Crippen molar-refractivity contribution in [1.29, 1.82) is 0 Å². The summed E-state index contributed by atoms with van der Waals surface area (Å²) in [5.41, 5.74) is 2.36. The molecule has 0 amide bonds. The first-order chi connectivity index (χ1) is 9.78. The van der Waals surface area contributed by atoms with Crippen molar-refractivity contribution >= 4 is 32.5 Å². The van der Waals surface area contributed by atoms with Crippen molar-refractivity contribution in [3.8, 4) is 0 Å². The lowest BCUT2D eigenvalue weighted by molar-refractivity contribution is 0.549. The highest BCUT2D eigenvalue weighted by Crippen LogP contribution is 2.29. The van der Waals surface area contributed by atoms with Gasteiger partial charge in [-0.05, 0) is 47.4 Å². The summed E-state index contributed by atoms with van der Waals surface area (Å²) in [5, 5.41) is 4.81. The minimum Gasteiger partial charge on any atom is -0.368 e. The molecular formula is C16H20BrN3. The van der Waals surface area contributed by atoms with E-state index in [0.29, 0.717) is 6.04 Å². The van der Waals surface area contributed by atoms with Gasteiger partial charge < -0.3 is 10.2 Å². The van der Waals surface area contributed by atoms with E-state index in [4.69, 9.17) is 0 Å². The lowest BCUT2D eigenvalue weighted by atomic mass is 10.2. The van der Waals surface area contributed by atoms with Gasteiger partial charge >= 0.3 is 0 Å². The lowest BCUT2D eigenvalue weighted by Gasteiger charge is -2.20. The van der Waals surface area contributed by atoms with Gasteiger partial charge in [-0.3, -0.25) is 4.98 Å². The zero-order valence-corrected chi connectivity index (χ0v) is 13.4. The predicted octanol–water partition coefficient (Wildman–Crippen LogP) is 3.58. The molecule has 3 nitrogen and oxygen atoms in total. The van der Waals surface area contributed by atoms with Crippen molar-refractivity contribution in [1.82, 2.24) is 10.3 Å². The summed E-state index contributed by atoms with van der Waals surface area (Å²) >= 11 is 3.49. The van der Waals surface area contributed by atoms with Gasteiger partial charge in [-0.1, -0.05) is 19.1 Å². The summed E-state index contributed by atoms with van der Waals surface area (Å²) in [5.74, 6) is 0. The number of rotatable bonds is 4. The standard InChI is InChI=1S/C16H20BrN3/c1-2-7-18-14-6-8-20(11-14)15-5-3-4-12-9-13(17)10-19-16(12)15/h3-5,9-10,14,18H,2,6-8,11H2,1H3. The largest absolute Gasteiger partial charge is 0.368 e. The normalized spacial score (nSPS) is 18.9. The summed E-state index contributed by atoms with van der Waals surface area (Å²) < 4.78 is 1.03. The van der Waals surface area contributed by atoms with Crippen LogP contribution in [0.2, 0.25) is 0 Å². The topological polar surface area (TPSA) is 28.2 Å². The Balaban J connectivity index is 1.84. The fourth-order valence-corrected chi connectivity index (χ4v) is 3.22. The van der Waals surface area contributed by atoms with Crippen LogP contribution in [0.5, 0.6) is 0 Å². The Morgan fingerprint density at radius 3 is 3.20 bits per heavy atom. The second-order valence-corrected chi connectivity index (χ2v) is 6.30. The highest BCUT2D eigenvalue weighted by molar-refractivity contribution is 9.10. The molecule has 1 aromatic heterocycles. The molecule has 1 aliphatic rings. The van der Waals surface area contributed by atoms with Crippen molar-refractivity contribution in [2.24, 2.45) is 0 Å². The Kier molecular flexibility index (Phi) is 4.22. The molecule has 0 spiro atoms. The van der Waals surface area contributed by atoms with Gasteiger partial charge in [-0.15, -0.1) is 0 Å². The third kappa shape index (κ3) is 2.81. The van der Waals surface area contributed by atoms with Crippen molar-refractivity contribution in [3.05, 3.63) is 34.9 Å². The first-order valence-corrected chi connectivity index (χ1v) is 8.10. The molecule has 1 aliphatic heterocycles. The summed E-state index contributed by atoms with van der Waals surface area (Å²) in [6, 6.07) is 9.18. The Labute approximate surface area is 128 Å². The summed E-state index contributed by atoms with van der Waals surface area (Å²) in [4.78, 5) is 7.06. The number of nitrogens with zero attached hydrogens (tertiary/aromatic N) is 2. The van der Waals surface area contributed by atoms with Crippen LogP contribution in [-0.2, 0) is 0 Å². The third-order valence-electron chi connectivity index (χ3n) is 3.87. The lowest BCUT2D eigenvalue weighted by Crippen LogP contribution is -2.33. The Morgan fingerprint density at radius 1 is 1.45 bits per heavy atom. The molecule has 20 heavy (non-hydrogen) atoms. The SMILES string of the molecule is CCCNC1CCN(c2cccc3cc(Br)cnc23)C1. The van der Waals surface area contributed by atoms with Gasteiger partial charge in [0.1, 0.15) is 0 Å².